The highest BCUT2D eigenvalue weighted by Gasteiger charge is 2.41. The van der Waals surface area contributed by atoms with Gasteiger partial charge < -0.3 is 15.5 Å². The van der Waals surface area contributed by atoms with Gasteiger partial charge in [0.05, 0.1) is 11.3 Å². The monoisotopic (exact) mass is 353 g/mol. The highest BCUT2D eigenvalue weighted by Crippen LogP contribution is 2.32. The van der Waals surface area contributed by atoms with Crippen LogP contribution in [-0.2, 0) is 0 Å². The highest BCUT2D eigenvalue weighted by atomic mass is 19.1. The Balaban J connectivity index is 1.49. The van der Waals surface area contributed by atoms with Crippen molar-refractivity contribution < 1.29 is 14.0 Å². The molecule has 1 saturated heterocycles. The molecule has 2 amide bonds. The molecule has 2 aromatic carbocycles. The van der Waals surface area contributed by atoms with Crippen LogP contribution in [0, 0.1) is 12.7 Å². The first-order valence-electron chi connectivity index (χ1n) is 8.73. The lowest BCUT2D eigenvalue weighted by Gasteiger charge is -2.45. The molecule has 2 heterocycles. The Morgan fingerprint density at radius 1 is 1.08 bits per heavy atom. The summed E-state index contributed by atoms with van der Waals surface area (Å²) in [6.07, 6.45) is 1.12. The van der Waals surface area contributed by atoms with E-state index in [9.17, 15) is 14.0 Å². The van der Waals surface area contributed by atoms with Gasteiger partial charge in [0, 0.05) is 31.5 Å². The van der Waals surface area contributed by atoms with Crippen molar-refractivity contribution in [2.75, 3.05) is 18.4 Å². The number of aryl methyl sites for hydroxylation is 1. The van der Waals surface area contributed by atoms with Crippen molar-refractivity contribution in [2.24, 2.45) is 0 Å². The van der Waals surface area contributed by atoms with Crippen LogP contribution in [0.5, 0.6) is 0 Å². The largest absolute Gasteiger partial charge is 0.362 e. The third-order valence-corrected chi connectivity index (χ3v) is 5.17. The molecular formula is C20H20FN3O2. The number of piperidine rings is 1. The summed E-state index contributed by atoms with van der Waals surface area (Å²) >= 11 is 0. The second kappa shape index (κ2) is 6.12. The normalized spacial score (nSPS) is 18.1. The Kier molecular flexibility index (Phi) is 3.90. The number of fused-ring (bicyclic) bond motifs is 1. The van der Waals surface area contributed by atoms with Crippen molar-refractivity contribution in [1.82, 2.24) is 10.2 Å². The second-order valence-electron chi connectivity index (χ2n) is 6.98. The van der Waals surface area contributed by atoms with Gasteiger partial charge in [-0.25, -0.2) is 4.39 Å². The van der Waals surface area contributed by atoms with Gasteiger partial charge in [0.2, 0.25) is 0 Å². The smallest absolute Gasteiger partial charge is 0.258 e. The van der Waals surface area contributed by atoms with Crippen molar-refractivity contribution in [1.29, 1.82) is 0 Å². The van der Waals surface area contributed by atoms with E-state index in [1.54, 1.807) is 17.0 Å². The zero-order chi connectivity index (χ0) is 18.3. The summed E-state index contributed by atoms with van der Waals surface area (Å²) in [6.45, 7) is 3.02. The average molecular weight is 353 g/mol. The van der Waals surface area contributed by atoms with E-state index in [-0.39, 0.29) is 11.5 Å². The van der Waals surface area contributed by atoms with Crippen LogP contribution in [0.2, 0.25) is 0 Å². The molecular weight excluding hydrogens is 333 g/mol. The number of nitrogens with one attached hydrogen (secondary N) is 2. The molecule has 4 rings (SSSR count). The van der Waals surface area contributed by atoms with E-state index < -0.39 is 17.4 Å². The fourth-order valence-electron chi connectivity index (χ4n) is 3.65. The van der Waals surface area contributed by atoms with E-state index >= 15 is 0 Å². The number of anilines is 1. The summed E-state index contributed by atoms with van der Waals surface area (Å²) < 4.78 is 13.9. The minimum Gasteiger partial charge on any atom is -0.362 e. The minimum atomic E-state index is -0.637. The molecule has 0 unspecified atom stereocenters. The number of hydrogen-bond donors (Lipinski definition) is 2. The summed E-state index contributed by atoms with van der Waals surface area (Å²) in [6, 6.07) is 12.1. The van der Waals surface area contributed by atoms with Crippen molar-refractivity contribution in [3.8, 4) is 0 Å². The number of carbonyl (C=O) groups excluding carboxylic acids is 2. The van der Waals surface area contributed by atoms with Crippen LogP contribution >= 0.6 is 0 Å². The highest BCUT2D eigenvalue weighted by molar-refractivity contribution is 6.02. The van der Waals surface area contributed by atoms with E-state index in [0.29, 0.717) is 37.2 Å². The predicted molar refractivity (Wildman–Crippen MR) is 96.5 cm³/mol. The first-order chi connectivity index (χ1) is 12.5. The van der Waals surface area contributed by atoms with E-state index in [0.717, 1.165) is 5.56 Å². The van der Waals surface area contributed by atoms with Gasteiger partial charge in [-0.2, -0.15) is 0 Å². The fraction of sp³-hybridized carbons (Fsp3) is 0.300. The lowest BCUT2D eigenvalue weighted by Crippen LogP contribution is -2.62. The molecule has 1 fully saturated rings. The molecule has 0 aromatic heterocycles. The number of halogens is 1. The van der Waals surface area contributed by atoms with Crippen LogP contribution in [0.3, 0.4) is 0 Å². The summed E-state index contributed by atoms with van der Waals surface area (Å²) in [5.41, 5.74) is 1.70. The third-order valence-electron chi connectivity index (χ3n) is 5.17. The summed E-state index contributed by atoms with van der Waals surface area (Å²) in [5, 5.41) is 6.19. The summed E-state index contributed by atoms with van der Waals surface area (Å²) in [7, 11) is 0. The molecule has 26 heavy (non-hydrogen) atoms. The molecule has 0 atom stereocenters. The van der Waals surface area contributed by atoms with Gasteiger partial charge >= 0.3 is 0 Å². The number of likely N-dealkylation sites (tertiary alicyclic amines) is 1. The zero-order valence-electron chi connectivity index (χ0n) is 14.5. The molecule has 2 aromatic rings. The van der Waals surface area contributed by atoms with E-state index in [4.69, 9.17) is 0 Å². The number of rotatable bonds is 1. The van der Waals surface area contributed by atoms with Gasteiger partial charge in [0.1, 0.15) is 11.5 Å². The van der Waals surface area contributed by atoms with Gasteiger partial charge in [-0.1, -0.05) is 23.8 Å². The van der Waals surface area contributed by atoms with Crippen molar-refractivity contribution in [3.63, 3.8) is 0 Å². The van der Waals surface area contributed by atoms with Gasteiger partial charge in [0.25, 0.3) is 11.8 Å². The van der Waals surface area contributed by atoms with Gasteiger partial charge in [-0.3, -0.25) is 9.59 Å². The summed E-state index contributed by atoms with van der Waals surface area (Å²) in [4.78, 5) is 26.8. The molecule has 1 spiro atoms. The first-order valence-corrected chi connectivity index (χ1v) is 8.73. The van der Waals surface area contributed by atoms with Crippen LogP contribution in [0.25, 0.3) is 0 Å². The third kappa shape index (κ3) is 2.81. The molecule has 5 nitrogen and oxygen atoms in total. The zero-order valence-corrected chi connectivity index (χ0v) is 14.5. The molecule has 0 aliphatic carbocycles. The Bertz CT molecular complexity index is 871. The van der Waals surface area contributed by atoms with E-state index in [1.807, 2.05) is 31.2 Å². The van der Waals surface area contributed by atoms with Crippen molar-refractivity contribution in [3.05, 3.63) is 65.0 Å². The van der Waals surface area contributed by atoms with Crippen LogP contribution in [0.1, 0.15) is 39.1 Å². The van der Waals surface area contributed by atoms with Gasteiger partial charge in [0.15, 0.2) is 0 Å². The van der Waals surface area contributed by atoms with E-state index in [1.165, 1.54) is 6.07 Å². The molecule has 0 saturated carbocycles. The van der Waals surface area contributed by atoms with E-state index in [2.05, 4.69) is 10.6 Å². The van der Waals surface area contributed by atoms with Crippen LogP contribution < -0.4 is 10.6 Å². The standard InChI is InChI=1S/C20H20FN3O2/c1-13-5-7-14(8-6-13)19(26)24-11-9-20(10-12-24)22-16-4-2-3-15(21)17(16)18(25)23-20/h2-8,22H,9-12H2,1H3,(H,23,25). The topological polar surface area (TPSA) is 61.4 Å². The Morgan fingerprint density at radius 3 is 2.46 bits per heavy atom. The van der Waals surface area contributed by atoms with Crippen LogP contribution in [0.4, 0.5) is 10.1 Å². The molecule has 2 aliphatic rings. The first kappa shape index (κ1) is 16.6. The SMILES string of the molecule is Cc1ccc(C(=O)N2CCC3(CC2)NC(=O)c2c(F)cccc2N3)cc1. The van der Waals surface area contributed by atoms with Gasteiger partial charge in [-0.15, -0.1) is 0 Å². The Labute approximate surface area is 151 Å². The molecule has 0 bridgehead atoms. The molecule has 6 heteroatoms. The lowest BCUT2D eigenvalue weighted by molar-refractivity contribution is 0.0639. The molecule has 0 radical (unpaired) electrons. The number of hydrogen-bond acceptors (Lipinski definition) is 3. The number of carbonyl (C=O) groups is 2. The maximum Gasteiger partial charge on any atom is 0.258 e. The quantitative estimate of drug-likeness (QED) is 0.829. The molecule has 134 valence electrons. The maximum absolute atomic E-state index is 13.9. The van der Waals surface area contributed by atoms with Gasteiger partial charge in [-0.05, 0) is 31.2 Å². The maximum atomic E-state index is 13.9. The molecule has 2 N–H and O–H groups in total. The Morgan fingerprint density at radius 2 is 1.77 bits per heavy atom. The average Bonchev–Trinajstić information content (AvgIpc) is 2.62. The molecule has 2 aliphatic heterocycles. The minimum absolute atomic E-state index is 0.00608. The fourth-order valence-corrected chi connectivity index (χ4v) is 3.65. The number of amides is 2. The predicted octanol–water partition coefficient (Wildman–Crippen LogP) is 2.92. The number of nitrogens with zero attached hydrogens (tertiary/aromatic N) is 1. The van der Waals surface area contributed by atoms with Crippen molar-refractivity contribution in [2.45, 2.75) is 25.4 Å². The summed E-state index contributed by atoms with van der Waals surface area (Å²) in [5.74, 6) is -0.946. The second-order valence-corrected chi connectivity index (χ2v) is 6.98. The van der Waals surface area contributed by atoms with Crippen LogP contribution in [-0.4, -0.2) is 35.5 Å². The van der Waals surface area contributed by atoms with Crippen LogP contribution in [0.15, 0.2) is 42.5 Å². The number of benzene rings is 2. The van der Waals surface area contributed by atoms with Crippen molar-refractivity contribution >= 4 is 17.5 Å². The lowest BCUT2D eigenvalue weighted by atomic mass is 9.92. The Hall–Kier alpha value is -2.89.